The number of carbonyl (C=O) groups excluding carboxylic acids is 1. The summed E-state index contributed by atoms with van der Waals surface area (Å²) in [5.41, 5.74) is -1.05. The van der Waals surface area contributed by atoms with E-state index in [1.54, 1.807) is 26.2 Å². The van der Waals surface area contributed by atoms with Gasteiger partial charge in [0.15, 0.2) is 4.90 Å². The number of carbonyl (C=O) groups is 1. The average molecular weight is 373 g/mol. The second-order valence-corrected chi connectivity index (χ2v) is 7.49. The maximum Gasteiger partial charge on any atom is 0.416 e. The van der Waals surface area contributed by atoms with Gasteiger partial charge in [0.25, 0.3) is 5.91 Å². The number of aryl methyl sites for hydroxylation is 1. The molecule has 136 valence electrons. The maximum atomic E-state index is 12.8. The van der Waals surface area contributed by atoms with Crippen LogP contribution in [0.2, 0.25) is 0 Å². The lowest BCUT2D eigenvalue weighted by atomic mass is 10.0. The standard InChI is InChI=1S/C16H18F3N3O2S/c1-10-8-20-22(9-10)15(2,3)14(23)21-12-6-5-11(16(17,18)19)7-13(12)25(4)24/h5-9H,1-4H3,(H,21,23). The summed E-state index contributed by atoms with van der Waals surface area (Å²) in [4.78, 5) is 12.5. The molecule has 1 atom stereocenters. The average Bonchev–Trinajstić information content (AvgIpc) is 2.93. The quantitative estimate of drug-likeness (QED) is 0.836. The lowest BCUT2D eigenvalue weighted by Gasteiger charge is -2.25. The predicted molar refractivity (Wildman–Crippen MR) is 88.7 cm³/mol. The van der Waals surface area contributed by atoms with E-state index < -0.39 is 34.4 Å². The normalized spacial score (nSPS) is 13.6. The van der Waals surface area contributed by atoms with E-state index in [2.05, 4.69) is 10.4 Å². The number of nitrogens with zero attached hydrogens (tertiary/aromatic N) is 2. The molecule has 0 aliphatic heterocycles. The summed E-state index contributed by atoms with van der Waals surface area (Å²) < 4.78 is 51.8. The van der Waals surface area contributed by atoms with Crippen molar-refractivity contribution in [1.82, 2.24) is 9.78 Å². The van der Waals surface area contributed by atoms with Crippen molar-refractivity contribution < 1.29 is 22.5 Å². The van der Waals surface area contributed by atoms with E-state index >= 15 is 0 Å². The zero-order valence-electron chi connectivity index (χ0n) is 14.1. The molecule has 1 N–H and O–H groups in total. The maximum absolute atomic E-state index is 12.8. The van der Waals surface area contributed by atoms with Crippen molar-refractivity contribution in [3.8, 4) is 0 Å². The van der Waals surface area contributed by atoms with Gasteiger partial charge in [0.1, 0.15) is 11.8 Å². The van der Waals surface area contributed by atoms with Crippen LogP contribution in [0.15, 0.2) is 35.5 Å². The van der Waals surface area contributed by atoms with Gasteiger partial charge in [-0.2, -0.15) is 18.3 Å². The van der Waals surface area contributed by atoms with Gasteiger partial charge in [-0.25, -0.2) is 0 Å². The molecule has 1 heterocycles. The number of hydrogen-bond acceptors (Lipinski definition) is 3. The summed E-state index contributed by atoms with van der Waals surface area (Å²) in [7, 11) is 0. The van der Waals surface area contributed by atoms with Gasteiger partial charge < -0.3 is 9.87 Å². The molecule has 0 bridgehead atoms. The lowest BCUT2D eigenvalue weighted by molar-refractivity contribution is -0.137. The van der Waals surface area contributed by atoms with Gasteiger partial charge in [-0.15, -0.1) is 0 Å². The first kappa shape index (κ1) is 19.3. The largest absolute Gasteiger partial charge is 0.612 e. The highest BCUT2D eigenvalue weighted by Crippen LogP contribution is 2.34. The number of rotatable bonds is 4. The highest BCUT2D eigenvalue weighted by molar-refractivity contribution is 7.90. The van der Waals surface area contributed by atoms with Crippen molar-refractivity contribution in [2.24, 2.45) is 0 Å². The van der Waals surface area contributed by atoms with Gasteiger partial charge >= 0.3 is 6.18 Å². The number of anilines is 1. The van der Waals surface area contributed by atoms with E-state index in [4.69, 9.17) is 0 Å². The molecule has 25 heavy (non-hydrogen) atoms. The first-order chi connectivity index (χ1) is 11.4. The number of nitrogens with one attached hydrogen (secondary N) is 1. The van der Waals surface area contributed by atoms with E-state index in [0.717, 1.165) is 23.8 Å². The van der Waals surface area contributed by atoms with Crippen LogP contribution in [0, 0.1) is 6.92 Å². The summed E-state index contributed by atoms with van der Waals surface area (Å²) in [5.74, 6) is -0.484. The topological polar surface area (TPSA) is 70.0 Å². The Morgan fingerprint density at radius 2 is 1.96 bits per heavy atom. The fraction of sp³-hybridized carbons (Fsp3) is 0.375. The minimum Gasteiger partial charge on any atom is -0.612 e. The summed E-state index contributed by atoms with van der Waals surface area (Å²) in [6.07, 6.45) is -0.0133. The highest BCUT2D eigenvalue weighted by atomic mass is 32.2. The molecule has 5 nitrogen and oxygen atoms in total. The van der Waals surface area contributed by atoms with Crippen molar-refractivity contribution in [3.63, 3.8) is 0 Å². The van der Waals surface area contributed by atoms with E-state index in [1.165, 1.54) is 10.9 Å². The van der Waals surface area contributed by atoms with E-state index in [1.807, 2.05) is 6.92 Å². The van der Waals surface area contributed by atoms with Crippen molar-refractivity contribution in [2.45, 2.75) is 37.4 Å². The highest BCUT2D eigenvalue weighted by Gasteiger charge is 2.34. The van der Waals surface area contributed by atoms with Crippen LogP contribution in [-0.2, 0) is 27.7 Å². The number of halogens is 3. The number of alkyl halides is 3. The third-order valence-corrected chi connectivity index (χ3v) is 4.66. The summed E-state index contributed by atoms with van der Waals surface area (Å²) in [5, 5.41) is 6.66. The van der Waals surface area contributed by atoms with Crippen LogP contribution in [0.1, 0.15) is 25.0 Å². The van der Waals surface area contributed by atoms with Crippen LogP contribution >= 0.6 is 0 Å². The molecule has 0 spiro atoms. The molecule has 1 amide bonds. The summed E-state index contributed by atoms with van der Waals surface area (Å²) in [6.45, 7) is 5.08. The van der Waals surface area contributed by atoms with E-state index in [9.17, 15) is 22.5 Å². The first-order valence-electron chi connectivity index (χ1n) is 7.31. The third-order valence-electron chi connectivity index (χ3n) is 3.71. The molecule has 1 aromatic carbocycles. The molecule has 0 aliphatic rings. The van der Waals surface area contributed by atoms with Crippen LogP contribution in [0.4, 0.5) is 18.9 Å². The van der Waals surface area contributed by atoms with E-state index in [-0.39, 0.29) is 10.6 Å². The Morgan fingerprint density at radius 1 is 1.32 bits per heavy atom. The molecule has 1 unspecified atom stereocenters. The molecule has 0 aliphatic carbocycles. The SMILES string of the molecule is Cc1cnn(C(C)(C)C(=O)Nc2ccc(C(F)(F)F)cc2[S+](C)[O-])c1. The Morgan fingerprint density at radius 3 is 2.44 bits per heavy atom. The van der Waals surface area contributed by atoms with Crippen molar-refractivity contribution in [1.29, 1.82) is 0 Å². The Hall–Kier alpha value is -2.00. The van der Waals surface area contributed by atoms with Crippen molar-refractivity contribution >= 4 is 22.8 Å². The smallest absolute Gasteiger partial charge is 0.416 e. The zero-order valence-corrected chi connectivity index (χ0v) is 15.0. The second-order valence-electron chi connectivity index (χ2n) is 6.14. The minimum absolute atomic E-state index is 0.0794. The monoisotopic (exact) mass is 373 g/mol. The molecule has 0 saturated heterocycles. The van der Waals surface area contributed by atoms with Gasteiger partial charge in [-0.3, -0.25) is 9.48 Å². The molecule has 2 aromatic rings. The Kier molecular flexibility index (Phi) is 5.19. The first-order valence-corrected chi connectivity index (χ1v) is 8.86. The number of amides is 1. The van der Waals surface area contributed by atoms with Gasteiger partial charge in [0.05, 0.1) is 17.4 Å². The fourth-order valence-corrected chi connectivity index (χ4v) is 2.86. The van der Waals surface area contributed by atoms with Crippen LogP contribution in [0.5, 0.6) is 0 Å². The summed E-state index contributed by atoms with van der Waals surface area (Å²) >= 11 is -1.71. The molecule has 2 rings (SSSR count). The molecule has 9 heteroatoms. The molecule has 0 radical (unpaired) electrons. The number of hydrogen-bond donors (Lipinski definition) is 1. The van der Waals surface area contributed by atoms with Crippen LogP contribution in [-0.4, -0.2) is 26.5 Å². The van der Waals surface area contributed by atoms with Gasteiger partial charge in [0, 0.05) is 12.3 Å². The van der Waals surface area contributed by atoms with Gasteiger partial charge in [-0.05, 0) is 49.6 Å². The molecule has 0 saturated carbocycles. The fourth-order valence-electron chi connectivity index (χ4n) is 2.14. The molecule has 1 aromatic heterocycles. The van der Waals surface area contributed by atoms with E-state index in [0.29, 0.717) is 0 Å². The predicted octanol–water partition coefficient (Wildman–Crippen LogP) is 3.32. The van der Waals surface area contributed by atoms with Crippen LogP contribution < -0.4 is 5.32 Å². The Balaban J connectivity index is 2.34. The molecular formula is C16H18F3N3O2S. The second kappa shape index (κ2) is 6.72. The number of benzene rings is 1. The summed E-state index contributed by atoms with van der Waals surface area (Å²) in [6, 6.07) is 2.75. The third kappa shape index (κ3) is 4.16. The number of aromatic nitrogens is 2. The van der Waals surface area contributed by atoms with Crippen molar-refractivity contribution in [3.05, 3.63) is 41.7 Å². The Labute approximate surface area is 146 Å². The zero-order chi connectivity index (χ0) is 19.0. The van der Waals surface area contributed by atoms with Gasteiger partial charge in [0.2, 0.25) is 0 Å². The minimum atomic E-state index is -4.55. The Bertz CT molecular complexity index is 785. The van der Waals surface area contributed by atoms with Gasteiger partial charge in [-0.1, -0.05) is 0 Å². The van der Waals surface area contributed by atoms with Crippen molar-refractivity contribution in [2.75, 3.05) is 11.6 Å². The molecular weight excluding hydrogens is 355 g/mol. The molecule has 0 fully saturated rings. The van der Waals surface area contributed by atoms with Crippen LogP contribution in [0.25, 0.3) is 0 Å². The lowest BCUT2D eigenvalue weighted by Crippen LogP contribution is -2.40. The van der Waals surface area contributed by atoms with Crippen LogP contribution in [0.3, 0.4) is 0 Å².